The first kappa shape index (κ1) is 22.2. The number of benzene rings is 2. The van der Waals surface area contributed by atoms with E-state index < -0.39 is 0 Å². The molecule has 2 aromatic carbocycles. The van der Waals surface area contributed by atoms with E-state index in [1.54, 1.807) is 7.11 Å². The second-order valence-corrected chi connectivity index (χ2v) is 8.48. The minimum absolute atomic E-state index is 0.0173. The van der Waals surface area contributed by atoms with E-state index in [9.17, 15) is 4.79 Å². The number of carbonyl (C=O) groups is 1. The number of hydrogen-bond acceptors (Lipinski definition) is 3. The topological polar surface area (TPSA) is 47.6 Å². The monoisotopic (exact) mass is 409 g/mol. The Hall–Kier alpha value is -2.49. The molecular formula is C26H35NO3. The largest absolute Gasteiger partial charge is 0.497 e. The summed E-state index contributed by atoms with van der Waals surface area (Å²) in [6.45, 7) is 9.83. The summed E-state index contributed by atoms with van der Waals surface area (Å²) < 4.78 is 11.2. The predicted molar refractivity (Wildman–Crippen MR) is 121 cm³/mol. The van der Waals surface area contributed by atoms with E-state index in [4.69, 9.17) is 9.47 Å². The summed E-state index contributed by atoms with van der Waals surface area (Å²) in [4.78, 5) is 12.9. The van der Waals surface area contributed by atoms with Gasteiger partial charge in [-0.3, -0.25) is 4.79 Å². The second-order valence-electron chi connectivity index (χ2n) is 8.48. The van der Waals surface area contributed by atoms with Gasteiger partial charge in [-0.15, -0.1) is 0 Å². The lowest BCUT2D eigenvalue weighted by Gasteiger charge is -2.31. The van der Waals surface area contributed by atoms with Crippen molar-refractivity contribution in [1.82, 2.24) is 5.32 Å². The van der Waals surface area contributed by atoms with Gasteiger partial charge in [0.2, 0.25) is 5.91 Å². The molecule has 0 fully saturated rings. The van der Waals surface area contributed by atoms with Crippen LogP contribution in [0.1, 0.15) is 54.5 Å². The molecular weight excluding hydrogens is 374 g/mol. The van der Waals surface area contributed by atoms with Crippen LogP contribution >= 0.6 is 0 Å². The van der Waals surface area contributed by atoms with Crippen LogP contribution in [0.4, 0.5) is 0 Å². The minimum Gasteiger partial charge on any atom is -0.497 e. The lowest BCUT2D eigenvalue weighted by Crippen LogP contribution is -2.35. The molecule has 2 atom stereocenters. The molecule has 2 aromatic rings. The Bertz CT molecular complexity index is 873. The third kappa shape index (κ3) is 4.97. The van der Waals surface area contributed by atoms with Gasteiger partial charge in [-0.05, 0) is 91.5 Å². The second kappa shape index (κ2) is 10.0. The molecule has 1 N–H and O–H groups in total. The summed E-state index contributed by atoms with van der Waals surface area (Å²) in [5.41, 5.74) is 6.50. The molecule has 0 spiro atoms. The van der Waals surface area contributed by atoms with Crippen LogP contribution in [0, 0.1) is 25.7 Å². The third-order valence-electron chi connectivity index (χ3n) is 6.45. The Morgan fingerprint density at radius 1 is 1.20 bits per heavy atom. The molecule has 4 nitrogen and oxygen atoms in total. The van der Waals surface area contributed by atoms with Crippen LogP contribution < -0.4 is 14.8 Å². The third-order valence-corrected chi connectivity index (χ3v) is 6.45. The van der Waals surface area contributed by atoms with Gasteiger partial charge in [-0.2, -0.15) is 0 Å². The molecule has 1 amide bonds. The van der Waals surface area contributed by atoms with Crippen LogP contribution in [-0.2, 0) is 24.2 Å². The Balaban J connectivity index is 1.65. The van der Waals surface area contributed by atoms with Crippen molar-refractivity contribution in [2.45, 2.75) is 59.9 Å². The van der Waals surface area contributed by atoms with Gasteiger partial charge in [0.05, 0.1) is 13.7 Å². The molecule has 1 aliphatic rings. The number of ether oxygens (including phenoxy) is 2. The quantitative estimate of drug-likeness (QED) is 0.655. The van der Waals surface area contributed by atoms with Crippen molar-refractivity contribution in [2.75, 3.05) is 13.7 Å². The maximum Gasteiger partial charge on any atom is 0.223 e. The summed E-state index contributed by atoms with van der Waals surface area (Å²) >= 11 is 0. The smallest absolute Gasteiger partial charge is 0.223 e. The van der Waals surface area contributed by atoms with Crippen LogP contribution in [0.15, 0.2) is 30.3 Å². The van der Waals surface area contributed by atoms with Crippen molar-refractivity contribution < 1.29 is 14.3 Å². The average molecular weight is 410 g/mol. The zero-order valence-corrected chi connectivity index (χ0v) is 19.0. The zero-order valence-electron chi connectivity index (χ0n) is 19.0. The maximum atomic E-state index is 12.9. The number of nitrogens with one attached hydrogen (secondary N) is 1. The summed E-state index contributed by atoms with van der Waals surface area (Å²) in [6.07, 6.45) is 4.04. The van der Waals surface area contributed by atoms with Crippen molar-refractivity contribution >= 4 is 5.91 Å². The first-order valence-corrected chi connectivity index (χ1v) is 11.1. The van der Waals surface area contributed by atoms with E-state index in [0.29, 0.717) is 12.5 Å². The van der Waals surface area contributed by atoms with Crippen LogP contribution in [0.25, 0.3) is 0 Å². The molecule has 0 saturated carbocycles. The Morgan fingerprint density at radius 2 is 1.93 bits per heavy atom. The number of fused-ring (bicyclic) bond motifs is 1. The SMILES string of the molecule is CCCOc1cc(C)c2c(c1C)C[C@H](C(C)C(=O)NCc1ccc(OC)cc1)CC2. The Morgan fingerprint density at radius 3 is 2.60 bits per heavy atom. The van der Waals surface area contributed by atoms with Gasteiger partial charge >= 0.3 is 0 Å². The van der Waals surface area contributed by atoms with Crippen LogP contribution in [0.2, 0.25) is 0 Å². The van der Waals surface area contributed by atoms with Gasteiger partial charge in [0, 0.05) is 12.5 Å². The van der Waals surface area contributed by atoms with Gasteiger partial charge < -0.3 is 14.8 Å². The number of aryl methyl sites for hydroxylation is 1. The number of amides is 1. The normalized spacial score (nSPS) is 16.5. The maximum absolute atomic E-state index is 12.9. The molecule has 1 aliphatic carbocycles. The standard InChI is InChI=1S/C26H35NO3/c1-6-13-30-25-14-17(2)23-12-9-21(15-24(23)19(25)4)18(3)26(28)27-16-20-7-10-22(29-5)11-8-20/h7-8,10-11,14,18,21H,6,9,12-13,15-16H2,1-5H3,(H,27,28)/t18?,21-/m1/s1. The molecule has 0 radical (unpaired) electrons. The highest BCUT2D eigenvalue weighted by atomic mass is 16.5. The molecule has 0 saturated heterocycles. The molecule has 3 rings (SSSR count). The first-order chi connectivity index (χ1) is 14.4. The first-order valence-electron chi connectivity index (χ1n) is 11.1. The van der Waals surface area contributed by atoms with Gasteiger partial charge in [-0.25, -0.2) is 0 Å². The number of carbonyl (C=O) groups excluding carboxylic acids is 1. The Kier molecular flexibility index (Phi) is 7.41. The van der Waals surface area contributed by atoms with Gasteiger partial charge in [-0.1, -0.05) is 26.0 Å². The van der Waals surface area contributed by atoms with Crippen molar-refractivity contribution in [3.05, 3.63) is 58.1 Å². The number of hydrogen-bond donors (Lipinski definition) is 1. The van der Waals surface area contributed by atoms with Crippen molar-refractivity contribution in [3.63, 3.8) is 0 Å². The highest BCUT2D eigenvalue weighted by Crippen LogP contribution is 2.37. The highest BCUT2D eigenvalue weighted by Gasteiger charge is 2.30. The fourth-order valence-electron chi connectivity index (χ4n) is 4.42. The molecule has 1 unspecified atom stereocenters. The predicted octanol–water partition coefficient (Wildman–Crippen LogP) is 5.16. The van der Waals surface area contributed by atoms with Gasteiger partial charge in [0.25, 0.3) is 0 Å². The summed E-state index contributed by atoms with van der Waals surface area (Å²) in [5.74, 6) is 2.30. The zero-order chi connectivity index (χ0) is 21.7. The molecule has 30 heavy (non-hydrogen) atoms. The van der Waals surface area contributed by atoms with Crippen LogP contribution in [0.5, 0.6) is 11.5 Å². The van der Waals surface area contributed by atoms with E-state index in [-0.39, 0.29) is 11.8 Å². The van der Waals surface area contributed by atoms with E-state index in [2.05, 4.69) is 39.1 Å². The molecule has 4 heteroatoms. The fraction of sp³-hybridized carbons (Fsp3) is 0.500. The van der Waals surface area contributed by atoms with Crippen molar-refractivity contribution in [2.24, 2.45) is 11.8 Å². The van der Waals surface area contributed by atoms with Crippen LogP contribution in [-0.4, -0.2) is 19.6 Å². The Labute approximate surface area is 181 Å². The van der Waals surface area contributed by atoms with Crippen LogP contribution in [0.3, 0.4) is 0 Å². The molecule has 0 bridgehead atoms. The minimum atomic E-state index is -0.0173. The van der Waals surface area contributed by atoms with Crippen molar-refractivity contribution in [3.8, 4) is 11.5 Å². The van der Waals surface area contributed by atoms with Gasteiger partial charge in [0.15, 0.2) is 0 Å². The lowest BCUT2D eigenvalue weighted by molar-refractivity contribution is -0.126. The van der Waals surface area contributed by atoms with E-state index in [1.165, 1.54) is 22.3 Å². The van der Waals surface area contributed by atoms with E-state index in [1.807, 2.05) is 24.3 Å². The van der Waals surface area contributed by atoms with Crippen molar-refractivity contribution in [1.29, 1.82) is 0 Å². The summed E-state index contributed by atoms with van der Waals surface area (Å²) in [6, 6.07) is 10.0. The molecule has 0 aromatic heterocycles. The lowest BCUT2D eigenvalue weighted by atomic mass is 9.74. The molecule has 162 valence electrons. The summed E-state index contributed by atoms with van der Waals surface area (Å²) in [5, 5.41) is 3.12. The van der Waals surface area contributed by atoms with E-state index >= 15 is 0 Å². The van der Waals surface area contributed by atoms with E-state index in [0.717, 1.165) is 49.4 Å². The fourth-order valence-corrected chi connectivity index (χ4v) is 4.42. The number of rotatable bonds is 8. The average Bonchev–Trinajstić information content (AvgIpc) is 2.78. The number of methoxy groups -OCH3 is 1. The summed E-state index contributed by atoms with van der Waals surface area (Å²) in [7, 11) is 1.66. The molecule has 0 aliphatic heterocycles. The molecule has 0 heterocycles. The van der Waals surface area contributed by atoms with Gasteiger partial charge in [0.1, 0.15) is 11.5 Å². The highest BCUT2D eigenvalue weighted by molar-refractivity contribution is 5.78.